The van der Waals surface area contributed by atoms with Gasteiger partial charge in [-0.15, -0.1) is 0 Å². The van der Waals surface area contributed by atoms with Gasteiger partial charge >= 0.3 is 0 Å². The van der Waals surface area contributed by atoms with Crippen molar-refractivity contribution in [2.24, 2.45) is 5.73 Å². The molecule has 2 aromatic carbocycles. The maximum Gasteiger partial charge on any atom is 0.246 e. The first kappa shape index (κ1) is 20.8. The summed E-state index contributed by atoms with van der Waals surface area (Å²) in [4.78, 5) is 22.6. The van der Waals surface area contributed by atoms with Crippen LogP contribution in [0.4, 0.5) is 0 Å². The van der Waals surface area contributed by atoms with E-state index in [1.165, 1.54) is 12.4 Å². The monoisotopic (exact) mass is 418 g/mol. The molecule has 0 aliphatic carbocycles. The first-order valence-corrected chi connectivity index (χ1v) is 10.2. The van der Waals surface area contributed by atoms with Gasteiger partial charge in [0.15, 0.2) is 11.5 Å². The molecule has 0 spiro atoms. The van der Waals surface area contributed by atoms with Crippen molar-refractivity contribution in [3.05, 3.63) is 72.7 Å². The summed E-state index contributed by atoms with van der Waals surface area (Å²) in [7, 11) is 1.59. The molecule has 1 aliphatic heterocycles. The number of rotatable bonds is 6. The molecule has 7 nitrogen and oxygen atoms in total. The summed E-state index contributed by atoms with van der Waals surface area (Å²) in [6.07, 6.45) is 3.44. The average Bonchev–Trinajstić information content (AvgIpc) is 3.26. The number of aromatic nitrogens is 2. The average molecular weight is 418 g/mol. The van der Waals surface area contributed by atoms with Crippen LogP contribution in [0.1, 0.15) is 24.6 Å². The molecule has 31 heavy (non-hydrogen) atoms. The number of ether oxygens (including phenoxy) is 2. The summed E-state index contributed by atoms with van der Waals surface area (Å²) in [5, 5.41) is 0.796. The van der Waals surface area contributed by atoms with Crippen molar-refractivity contribution >= 4 is 16.8 Å². The van der Waals surface area contributed by atoms with Crippen molar-refractivity contribution in [2.75, 3.05) is 20.2 Å². The SMILES string of the molecule is C=CC(=O)N1CC[C@H](Oc2cc3c([C@@](C)(N)c4ccccc4)ncnc3cc2OC)C1. The summed E-state index contributed by atoms with van der Waals surface area (Å²) in [6, 6.07) is 13.6. The van der Waals surface area contributed by atoms with Crippen LogP contribution in [0.15, 0.2) is 61.4 Å². The number of methoxy groups -OCH3 is 1. The van der Waals surface area contributed by atoms with Crippen LogP contribution in [0.3, 0.4) is 0 Å². The molecule has 0 radical (unpaired) electrons. The summed E-state index contributed by atoms with van der Waals surface area (Å²) < 4.78 is 11.8. The van der Waals surface area contributed by atoms with E-state index in [9.17, 15) is 4.79 Å². The van der Waals surface area contributed by atoms with Crippen LogP contribution < -0.4 is 15.2 Å². The Kier molecular flexibility index (Phi) is 5.61. The van der Waals surface area contributed by atoms with Crippen molar-refractivity contribution < 1.29 is 14.3 Å². The Balaban J connectivity index is 1.73. The van der Waals surface area contributed by atoms with Crippen molar-refractivity contribution in [2.45, 2.75) is 25.0 Å². The third-order valence-corrected chi connectivity index (χ3v) is 5.71. The normalized spacial score (nSPS) is 17.9. The molecule has 160 valence electrons. The van der Waals surface area contributed by atoms with Crippen molar-refractivity contribution in [1.82, 2.24) is 14.9 Å². The number of nitrogens with two attached hydrogens (primary N) is 1. The van der Waals surface area contributed by atoms with E-state index in [-0.39, 0.29) is 12.0 Å². The zero-order chi connectivity index (χ0) is 22.0. The van der Waals surface area contributed by atoms with Gasteiger partial charge in [0.25, 0.3) is 0 Å². The number of amides is 1. The number of carbonyl (C=O) groups is 1. The second-order valence-electron chi connectivity index (χ2n) is 7.83. The van der Waals surface area contributed by atoms with Crippen LogP contribution in [0.2, 0.25) is 0 Å². The standard InChI is InChI=1S/C24H26N4O3/c1-4-22(29)28-11-10-17(14-28)31-21-12-18-19(13-20(21)30-3)26-15-27-23(18)24(2,25)16-8-6-5-7-9-16/h4-9,12-13,15,17H,1,10-11,14,25H2,2-3H3/t17-,24-/m0/s1. The Morgan fingerprint density at radius 3 is 2.74 bits per heavy atom. The van der Waals surface area contributed by atoms with E-state index in [0.717, 1.165) is 22.9 Å². The van der Waals surface area contributed by atoms with Crippen LogP contribution >= 0.6 is 0 Å². The highest BCUT2D eigenvalue weighted by Gasteiger charge is 2.30. The minimum atomic E-state index is -0.825. The predicted molar refractivity (Wildman–Crippen MR) is 119 cm³/mol. The Morgan fingerprint density at radius 2 is 2.03 bits per heavy atom. The Labute approximate surface area is 181 Å². The first-order chi connectivity index (χ1) is 14.9. The maximum absolute atomic E-state index is 11.9. The lowest BCUT2D eigenvalue weighted by atomic mass is 9.87. The van der Waals surface area contributed by atoms with Gasteiger partial charge in [-0.2, -0.15) is 0 Å². The molecule has 4 rings (SSSR count). The van der Waals surface area contributed by atoms with E-state index in [0.29, 0.717) is 30.3 Å². The minimum Gasteiger partial charge on any atom is -0.493 e. The van der Waals surface area contributed by atoms with Gasteiger partial charge in [-0.05, 0) is 24.6 Å². The number of nitrogens with zero attached hydrogens (tertiary/aromatic N) is 3. The summed E-state index contributed by atoms with van der Waals surface area (Å²) in [5.74, 6) is 1.06. The molecule has 2 N–H and O–H groups in total. The first-order valence-electron chi connectivity index (χ1n) is 10.2. The van der Waals surface area contributed by atoms with Crippen LogP contribution in [0.25, 0.3) is 10.9 Å². The van der Waals surface area contributed by atoms with Crippen LogP contribution in [0.5, 0.6) is 11.5 Å². The van der Waals surface area contributed by atoms with E-state index in [2.05, 4.69) is 16.5 Å². The molecule has 3 aromatic rings. The molecular weight excluding hydrogens is 392 g/mol. The topological polar surface area (TPSA) is 90.6 Å². The van der Waals surface area contributed by atoms with Gasteiger partial charge in [0.2, 0.25) is 5.91 Å². The summed E-state index contributed by atoms with van der Waals surface area (Å²) >= 11 is 0. The zero-order valence-electron chi connectivity index (χ0n) is 17.7. The molecule has 0 unspecified atom stereocenters. The van der Waals surface area contributed by atoms with E-state index < -0.39 is 5.54 Å². The third-order valence-electron chi connectivity index (χ3n) is 5.71. The fourth-order valence-electron chi connectivity index (χ4n) is 3.98. The lowest BCUT2D eigenvalue weighted by Gasteiger charge is -2.26. The second-order valence-corrected chi connectivity index (χ2v) is 7.83. The molecule has 7 heteroatoms. The van der Waals surface area contributed by atoms with Gasteiger partial charge in [0.1, 0.15) is 12.4 Å². The molecule has 2 atom stereocenters. The van der Waals surface area contributed by atoms with Crippen LogP contribution in [-0.4, -0.2) is 47.1 Å². The third kappa shape index (κ3) is 3.96. The number of hydrogen-bond acceptors (Lipinski definition) is 6. The van der Waals surface area contributed by atoms with Crippen LogP contribution in [0, 0.1) is 0 Å². The van der Waals surface area contributed by atoms with Gasteiger partial charge in [-0.25, -0.2) is 9.97 Å². The second kappa shape index (κ2) is 8.35. The zero-order valence-corrected chi connectivity index (χ0v) is 17.7. The predicted octanol–water partition coefficient (Wildman–Crippen LogP) is 3.03. The molecule has 1 aromatic heterocycles. The quantitative estimate of drug-likeness (QED) is 0.619. The smallest absolute Gasteiger partial charge is 0.246 e. The molecular formula is C24H26N4O3. The van der Waals surface area contributed by atoms with E-state index >= 15 is 0 Å². The molecule has 1 amide bonds. The van der Waals surface area contributed by atoms with E-state index in [1.807, 2.05) is 49.4 Å². The molecule has 1 saturated heterocycles. The maximum atomic E-state index is 11.9. The van der Waals surface area contributed by atoms with Gasteiger partial charge in [0, 0.05) is 24.4 Å². The fourth-order valence-corrected chi connectivity index (χ4v) is 3.98. The van der Waals surface area contributed by atoms with Gasteiger partial charge in [0.05, 0.1) is 30.4 Å². The minimum absolute atomic E-state index is 0.0889. The number of likely N-dealkylation sites (tertiary alicyclic amines) is 1. The molecule has 2 heterocycles. The molecule has 0 saturated carbocycles. The number of benzene rings is 2. The van der Waals surface area contributed by atoms with Crippen molar-refractivity contribution in [1.29, 1.82) is 0 Å². The lowest BCUT2D eigenvalue weighted by molar-refractivity contribution is -0.125. The van der Waals surface area contributed by atoms with Crippen molar-refractivity contribution in [3.8, 4) is 11.5 Å². The van der Waals surface area contributed by atoms with Crippen LogP contribution in [-0.2, 0) is 10.3 Å². The van der Waals surface area contributed by atoms with E-state index in [1.54, 1.807) is 12.0 Å². The number of hydrogen-bond donors (Lipinski definition) is 1. The highest BCUT2D eigenvalue weighted by atomic mass is 16.5. The van der Waals surface area contributed by atoms with Crippen molar-refractivity contribution in [3.63, 3.8) is 0 Å². The summed E-state index contributed by atoms with van der Waals surface area (Å²) in [6.45, 7) is 6.63. The molecule has 1 aliphatic rings. The largest absolute Gasteiger partial charge is 0.493 e. The van der Waals surface area contributed by atoms with E-state index in [4.69, 9.17) is 15.2 Å². The van der Waals surface area contributed by atoms with Gasteiger partial charge in [-0.1, -0.05) is 36.9 Å². The Hall–Kier alpha value is -3.45. The van der Waals surface area contributed by atoms with Gasteiger partial charge < -0.3 is 20.1 Å². The number of carbonyl (C=O) groups excluding carboxylic acids is 1. The number of fused-ring (bicyclic) bond motifs is 1. The molecule has 0 bridgehead atoms. The highest BCUT2D eigenvalue weighted by molar-refractivity contribution is 5.87. The lowest BCUT2D eigenvalue weighted by Crippen LogP contribution is -2.35. The fraction of sp³-hybridized carbons (Fsp3) is 0.292. The highest BCUT2D eigenvalue weighted by Crippen LogP contribution is 2.37. The Morgan fingerprint density at radius 1 is 1.26 bits per heavy atom. The van der Waals surface area contributed by atoms with Gasteiger partial charge in [-0.3, -0.25) is 4.79 Å². The molecule has 1 fully saturated rings. The summed E-state index contributed by atoms with van der Waals surface area (Å²) in [5.41, 5.74) is 8.30. The Bertz CT molecular complexity index is 1110.